The largest absolute Gasteiger partial charge is 0.353 e. The molecule has 1 saturated heterocycles. The highest BCUT2D eigenvalue weighted by atomic mass is 19.2. The fourth-order valence-corrected chi connectivity index (χ4v) is 3.24. The molecule has 0 radical (unpaired) electrons. The van der Waals surface area contributed by atoms with Gasteiger partial charge >= 0.3 is 0 Å². The highest BCUT2D eigenvalue weighted by Gasteiger charge is 2.18. The van der Waals surface area contributed by atoms with E-state index in [-0.39, 0.29) is 18.1 Å². The van der Waals surface area contributed by atoms with Gasteiger partial charge in [0.2, 0.25) is 0 Å². The van der Waals surface area contributed by atoms with E-state index in [2.05, 4.69) is 5.32 Å². The molecule has 3 rings (SSSR count). The lowest BCUT2D eigenvalue weighted by molar-refractivity contribution is -0.163. The first-order valence-electron chi connectivity index (χ1n) is 9.65. The summed E-state index contributed by atoms with van der Waals surface area (Å²) in [6.07, 6.45) is 3.33. The minimum atomic E-state index is -0.895. The number of rotatable bonds is 8. The Balaban J connectivity index is 1.61. The van der Waals surface area contributed by atoms with Crippen LogP contribution in [-0.4, -0.2) is 32.0 Å². The van der Waals surface area contributed by atoms with Gasteiger partial charge in [-0.2, -0.15) is 0 Å². The molecule has 0 bridgehead atoms. The third kappa shape index (κ3) is 5.84. The van der Waals surface area contributed by atoms with E-state index in [1.54, 1.807) is 30.3 Å². The number of halogens is 2. The average Bonchev–Trinajstić information content (AvgIpc) is 2.74. The summed E-state index contributed by atoms with van der Waals surface area (Å²) in [7, 11) is 0. The minimum absolute atomic E-state index is 0.202. The molecular formula is C22H25F2NO3. The number of amides is 1. The maximum absolute atomic E-state index is 13.7. The van der Waals surface area contributed by atoms with Crippen LogP contribution < -0.4 is 5.32 Å². The number of nitrogens with one attached hydrogen (secondary N) is 1. The Morgan fingerprint density at radius 3 is 2.68 bits per heavy atom. The molecule has 2 unspecified atom stereocenters. The van der Waals surface area contributed by atoms with Gasteiger partial charge in [0, 0.05) is 24.6 Å². The topological polar surface area (TPSA) is 47.6 Å². The molecule has 2 aromatic rings. The fourth-order valence-electron chi connectivity index (χ4n) is 3.24. The predicted octanol–water partition coefficient (Wildman–Crippen LogP) is 4.41. The second kappa shape index (κ2) is 10.3. The van der Waals surface area contributed by atoms with Crippen molar-refractivity contribution < 1.29 is 23.0 Å². The van der Waals surface area contributed by atoms with Crippen LogP contribution >= 0.6 is 0 Å². The molecule has 1 fully saturated rings. The second-order valence-electron chi connectivity index (χ2n) is 6.90. The zero-order chi connectivity index (χ0) is 19.8. The predicted molar refractivity (Wildman–Crippen MR) is 102 cm³/mol. The van der Waals surface area contributed by atoms with Crippen LogP contribution in [0, 0.1) is 11.6 Å². The van der Waals surface area contributed by atoms with Crippen LogP contribution in [0.1, 0.15) is 47.5 Å². The van der Waals surface area contributed by atoms with Gasteiger partial charge in [-0.05, 0) is 55.5 Å². The Morgan fingerprint density at radius 2 is 1.96 bits per heavy atom. The van der Waals surface area contributed by atoms with Gasteiger partial charge in [-0.1, -0.05) is 24.3 Å². The van der Waals surface area contributed by atoms with E-state index in [0.717, 1.165) is 25.3 Å². The zero-order valence-corrected chi connectivity index (χ0v) is 15.7. The van der Waals surface area contributed by atoms with Gasteiger partial charge in [-0.15, -0.1) is 0 Å². The molecule has 0 saturated carbocycles. The van der Waals surface area contributed by atoms with Gasteiger partial charge in [-0.3, -0.25) is 4.79 Å². The fraction of sp³-hybridized carbons (Fsp3) is 0.409. The second-order valence-corrected chi connectivity index (χ2v) is 6.90. The van der Waals surface area contributed by atoms with Gasteiger partial charge in [0.15, 0.2) is 17.9 Å². The molecule has 1 heterocycles. The van der Waals surface area contributed by atoms with E-state index in [1.165, 1.54) is 6.07 Å². The number of hydrogen-bond acceptors (Lipinski definition) is 3. The molecule has 2 atom stereocenters. The van der Waals surface area contributed by atoms with Crippen LogP contribution in [0.25, 0.3) is 0 Å². The van der Waals surface area contributed by atoms with Crippen molar-refractivity contribution in [2.75, 3.05) is 19.8 Å². The van der Waals surface area contributed by atoms with Crippen molar-refractivity contribution in [1.29, 1.82) is 0 Å². The highest BCUT2D eigenvalue weighted by molar-refractivity contribution is 5.94. The number of hydrogen-bond donors (Lipinski definition) is 1. The Kier molecular flexibility index (Phi) is 7.51. The van der Waals surface area contributed by atoms with Crippen LogP contribution in [-0.2, 0) is 9.47 Å². The van der Waals surface area contributed by atoms with Crippen molar-refractivity contribution in [2.45, 2.75) is 37.9 Å². The van der Waals surface area contributed by atoms with Crippen LogP contribution in [0.5, 0.6) is 0 Å². The Hall–Kier alpha value is -2.31. The number of carbonyl (C=O) groups excluding carboxylic acids is 1. The molecule has 6 heteroatoms. The summed E-state index contributed by atoms with van der Waals surface area (Å²) in [6.45, 7) is 1.41. The Bertz CT molecular complexity index is 764. The summed E-state index contributed by atoms with van der Waals surface area (Å²) in [4.78, 5) is 12.3. The van der Waals surface area contributed by atoms with Crippen molar-refractivity contribution in [1.82, 2.24) is 5.32 Å². The quantitative estimate of drug-likeness (QED) is 0.727. The van der Waals surface area contributed by atoms with Crippen molar-refractivity contribution in [2.24, 2.45) is 0 Å². The maximum atomic E-state index is 13.7. The molecule has 0 spiro atoms. The summed E-state index contributed by atoms with van der Waals surface area (Å²) in [6, 6.07) is 12.7. The third-order valence-corrected chi connectivity index (χ3v) is 4.87. The highest BCUT2D eigenvalue weighted by Crippen LogP contribution is 2.23. The molecule has 1 amide bonds. The van der Waals surface area contributed by atoms with E-state index in [9.17, 15) is 13.6 Å². The average molecular weight is 389 g/mol. The molecule has 150 valence electrons. The van der Waals surface area contributed by atoms with Crippen LogP contribution in [0.15, 0.2) is 48.5 Å². The Labute approximate surface area is 163 Å². The molecule has 4 nitrogen and oxygen atoms in total. The van der Waals surface area contributed by atoms with E-state index in [4.69, 9.17) is 9.47 Å². The summed E-state index contributed by atoms with van der Waals surface area (Å²) >= 11 is 0. The SMILES string of the molecule is O=C(NCC(CCOC1CCCCO1)c1ccc(F)c(F)c1)c1ccccc1. The zero-order valence-electron chi connectivity index (χ0n) is 15.7. The summed E-state index contributed by atoms with van der Waals surface area (Å²) < 4.78 is 38.3. The lowest BCUT2D eigenvalue weighted by atomic mass is 9.95. The van der Waals surface area contributed by atoms with Crippen LogP contribution in [0.2, 0.25) is 0 Å². The van der Waals surface area contributed by atoms with Gasteiger partial charge in [-0.25, -0.2) is 8.78 Å². The molecule has 28 heavy (non-hydrogen) atoms. The summed E-state index contributed by atoms with van der Waals surface area (Å²) in [5, 5.41) is 2.88. The monoisotopic (exact) mass is 389 g/mol. The third-order valence-electron chi connectivity index (χ3n) is 4.87. The van der Waals surface area contributed by atoms with Crippen LogP contribution in [0.4, 0.5) is 8.78 Å². The first-order chi connectivity index (χ1) is 13.6. The van der Waals surface area contributed by atoms with Crippen molar-refractivity contribution in [3.05, 3.63) is 71.3 Å². The van der Waals surface area contributed by atoms with Crippen molar-refractivity contribution in [3.63, 3.8) is 0 Å². The molecule has 1 aliphatic heterocycles. The number of benzene rings is 2. The molecular weight excluding hydrogens is 364 g/mol. The molecule has 2 aromatic carbocycles. The smallest absolute Gasteiger partial charge is 0.251 e. The molecule has 1 aliphatic rings. The van der Waals surface area contributed by atoms with Gasteiger partial charge in [0.1, 0.15) is 0 Å². The van der Waals surface area contributed by atoms with Crippen LogP contribution in [0.3, 0.4) is 0 Å². The maximum Gasteiger partial charge on any atom is 0.251 e. The molecule has 0 aromatic heterocycles. The summed E-state index contributed by atoms with van der Waals surface area (Å²) in [5.74, 6) is -2.19. The van der Waals surface area contributed by atoms with Crippen molar-refractivity contribution in [3.8, 4) is 0 Å². The van der Waals surface area contributed by atoms with Crippen molar-refractivity contribution >= 4 is 5.91 Å². The van der Waals surface area contributed by atoms with Gasteiger partial charge in [0.25, 0.3) is 5.91 Å². The number of carbonyl (C=O) groups is 1. The lowest BCUT2D eigenvalue weighted by Gasteiger charge is -2.24. The first kappa shape index (κ1) is 20.4. The lowest BCUT2D eigenvalue weighted by Crippen LogP contribution is -2.29. The van der Waals surface area contributed by atoms with E-state index < -0.39 is 11.6 Å². The van der Waals surface area contributed by atoms with E-state index >= 15 is 0 Å². The summed E-state index contributed by atoms with van der Waals surface area (Å²) in [5.41, 5.74) is 1.18. The molecule has 1 N–H and O–H groups in total. The minimum Gasteiger partial charge on any atom is -0.353 e. The van der Waals surface area contributed by atoms with E-state index in [0.29, 0.717) is 37.3 Å². The molecule has 0 aliphatic carbocycles. The van der Waals surface area contributed by atoms with E-state index in [1.807, 2.05) is 6.07 Å². The van der Waals surface area contributed by atoms with Gasteiger partial charge in [0.05, 0.1) is 6.61 Å². The first-order valence-corrected chi connectivity index (χ1v) is 9.65. The normalized spacial score (nSPS) is 17.9. The standard InChI is InChI=1S/C22H25F2NO3/c23-19-10-9-17(14-20(19)24)18(11-13-28-21-8-4-5-12-27-21)15-25-22(26)16-6-2-1-3-7-16/h1-3,6-7,9-10,14,18,21H,4-5,8,11-13,15H2,(H,25,26). The van der Waals surface area contributed by atoms with Gasteiger partial charge < -0.3 is 14.8 Å². The Morgan fingerprint density at radius 1 is 1.14 bits per heavy atom. The number of ether oxygens (including phenoxy) is 2.